The van der Waals surface area contributed by atoms with Gasteiger partial charge in [0.1, 0.15) is 5.75 Å². The summed E-state index contributed by atoms with van der Waals surface area (Å²) in [6.45, 7) is 0. The SMILES string of the molecule is COc1cccc(C2=CC(=O)c3cc(CC(=O)c4ccc(N(C)C)cc4)ccc3C2=O)c1. The van der Waals surface area contributed by atoms with Crippen molar-refractivity contribution in [3.63, 3.8) is 0 Å². The molecule has 5 nitrogen and oxygen atoms in total. The van der Waals surface area contributed by atoms with Gasteiger partial charge in [-0.3, -0.25) is 14.4 Å². The van der Waals surface area contributed by atoms with Gasteiger partial charge < -0.3 is 9.64 Å². The number of anilines is 1. The fourth-order valence-electron chi connectivity index (χ4n) is 3.76. The summed E-state index contributed by atoms with van der Waals surface area (Å²) in [5.41, 5.74) is 3.97. The van der Waals surface area contributed by atoms with E-state index in [1.54, 1.807) is 61.7 Å². The van der Waals surface area contributed by atoms with Crippen molar-refractivity contribution in [2.24, 2.45) is 0 Å². The summed E-state index contributed by atoms with van der Waals surface area (Å²) in [5, 5.41) is 0. The van der Waals surface area contributed by atoms with Gasteiger partial charge in [-0.15, -0.1) is 0 Å². The topological polar surface area (TPSA) is 63.7 Å². The molecule has 3 aromatic carbocycles. The van der Waals surface area contributed by atoms with E-state index in [1.807, 2.05) is 31.1 Å². The highest BCUT2D eigenvalue weighted by Crippen LogP contribution is 2.30. The van der Waals surface area contributed by atoms with Crippen LogP contribution in [0.2, 0.25) is 0 Å². The van der Waals surface area contributed by atoms with Crippen LogP contribution in [-0.4, -0.2) is 38.6 Å². The Balaban J connectivity index is 1.58. The number of fused-ring (bicyclic) bond motifs is 1. The second-order valence-corrected chi connectivity index (χ2v) is 7.90. The molecule has 0 saturated carbocycles. The first-order chi connectivity index (χ1) is 15.4. The lowest BCUT2D eigenvalue weighted by Gasteiger charge is -2.17. The van der Waals surface area contributed by atoms with Crippen molar-refractivity contribution in [1.29, 1.82) is 0 Å². The molecule has 5 heteroatoms. The molecule has 0 spiro atoms. The van der Waals surface area contributed by atoms with Crippen molar-refractivity contribution in [2.75, 3.05) is 26.1 Å². The lowest BCUT2D eigenvalue weighted by Crippen LogP contribution is -2.17. The minimum Gasteiger partial charge on any atom is -0.497 e. The Kier molecular flexibility index (Phi) is 5.73. The van der Waals surface area contributed by atoms with Crippen molar-refractivity contribution in [2.45, 2.75) is 6.42 Å². The molecule has 0 heterocycles. The standard InChI is InChI=1S/C27H23NO4/c1-28(2)20-10-8-18(9-11-20)25(29)14-17-7-12-22-24(13-17)26(30)16-23(27(22)31)19-5-4-6-21(15-19)32-3/h4-13,15-16H,14H2,1-3H3. The van der Waals surface area contributed by atoms with Gasteiger partial charge in [0, 0.05) is 48.5 Å². The van der Waals surface area contributed by atoms with Gasteiger partial charge in [0.25, 0.3) is 0 Å². The van der Waals surface area contributed by atoms with Crippen LogP contribution >= 0.6 is 0 Å². The molecule has 0 N–H and O–H groups in total. The second-order valence-electron chi connectivity index (χ2n) is 7.90. The highest BCUT2D eigenvalue weighted by atomic mass is 16.5. The van der Waals surface area contributed by atoms with Crippen LogP contribution in [0.3, 0.4) is 0 Å². The van der Waals surface area contributed by atoms with Gasteiger partial charge >= 0.3 is 0 Å². The Hall–Kier alpha value is -3.99. The molecule has 0 radical (unpaired) electrons. The normalized spacial score (nSPS) is 12.8. The van der Waals surface area contributed by atoms with E-state index in [2.05, 4.69) is 0 Å². The average molecular weight is 425 g/mol. The van der Waals surface area contributed by atoms with Crippen molar-refractivity contribution in [3.8, 4) is 5.75 Å². The van der Waals surface area contributed by atoms with E-state index < -0.39 is 0 Å². The molecule has 0 saturated heterocycles. The summed E-state index contributed by atoms with van der Waals surface area (Å²) in [6, 6.07) is 19.5. The first-order valence-corrected chi connectivity index (χ1v) is 10.3. The van der Waals surface area contributed by atoms with Crippen molar-refractivity contribution in [1.82, 2.24) is 0 Å². The van der Waals surface area contributed by atoms with Crippen LogP contribution in [0.15, 0.2) is 72.8 Å². The Morgan fingerprint density at radius 2 is 1.66 bits per heavy atom. The summed E-state index contributed by atoms with van der Waals surface area (Å²) >= 11 is 0. The van der Waals surface area contributed by atoms with Crippen LogP contribution in [0.4, 0.5) is 5.69 Å². The van der Waals surface area contributed by atoms with Crippen LogP contribution in [0.5, 0.6) is 5.75 Å². The molecule has 1 aliphatic carbocycles. The number of hydrogen-bond donors (Lipinski definition) is 0. The van der Waals surface area contributed by atoms with Gasteiger partial charge in [0.2, 0.25) is 0 Å². The number of allylic oxidation sites excluding steroid dienone is 2. The number of carbonyl (C=O) groups is 3. The van der Waals surface area contributed by atoms with E-state index in [4.69, 9.17) is 4.74 Å². The Morgan fingerprint density at radius 3 is 2.34 bits per heavy atom. The molecule has 0 fully saturated rings. The van der Waals surface area contributed by atoms with Gasteiger partial charge in [0.15, 0.2) is 17.3 Å². The maximum absolute atomic E-state index is 13.1. The third kappa shape index (κ3) is 4.10. The molecule has 0 unspecified atom stereocenters. The fraction of sp³-hybridized carbons (Fsp3) is 0.148. The van der Waals surface area contributed by atoms with Crippen LogP contribution in [0, 0.1) is 0 Å². The van der Waals surface area contributed by atoms with Gasteiger partial charge in [-0.1, -0.05) is 24.3 Å². The zero-order valence-corrected chi connectivity index (χ0v) is 18.2. The first-order valence-electron chi connectivity index (χ1n) is 10.3. The van der Waals surface area contributed by atoms with Gasteiger partial charge in [-0.05, 0) is 59.7 Å². The number of ketones is 3. The molecular weight excluding hydrogens is 402 g/mol. The van der Waals surface area contributed by atoms with Gasteiger partial charge in [-0.25, -0.2) is 0 Å². The summed E-state index contributed by atoms with van der Waals surface area (Å²) in [6.07, 6.45) is 1.52. The van der Waals surface area contributed by atoms with Crippen molar-refractivity contribution < 1.29 is 19.1 Å². The molecule has 1 aliphatic rings. The third-order valence-corrected chi connectivity index (χ3v) is 5.57. The summed E-state index contributed by atoms with van der Waals surface area (Å²) < 4.78 is 5.23. The summed E-state index contributed by atoms with van der Waals surface area (Å²) in [7, 11) is 5.43. The number of Topliss-reactive ketones (excluding diaryl/α,β-unsaturated/α-hetero) is 2. The molecule has 0 atom stereocenters. The van der Waals surface area contributed by atoms with Crippen LogP contribution in [-0.2, 0) is 6.42 Å². The Morgan fingerprint density at radius 1 is 0.906 bits per heavy atom. The predicted molar refractivity (Wildman–Crippen MR) is 125 cm³/mol. The first kappa shape index (κ1) is 21.2. The van der Waals surface area contributed by atoms with Crippen molar-refractivity contribution >= 4 is 28.6 Å². The van der Waals surface area contributed by atoms with Crippen LogP contribution in [0.25, 0.3) is 5.57 Å². The highest BCUT2D eigenvalue weighted by molar-refractivity contribution is 6.38. The number of benzene rings is 3. The van der Waals surface area contributed by atoms with E-state index in [-0.39, 0.29) is 23.8 Å². The molecule has 160 valence electrons. The summed E-state index contributed by atoms with van der Waals surface area (Å²) in [5.74, 6) is 0.103. The molecule has 32 heavy (non-hydrogen) atoms. The van der Waals surface area contributed by atoms with E-state index in [1.165, 1.54) is 6.08 Å². The zero-order valence-electron chi connectivity index (χ0n) is 18.2. The minimum atomic E-state index is -0.248. The molecule has 0 aromatic heterocycles. The largest absolute Gasteiger partial charge is 0.497 e. The Labute approximate surface area is 186 Å². The maximum atomic E-state index is 13.1. The molecule has 3 aromatic rings. The van der Waals surface area contributed by atoms with Crippen LogP contribution < -0.4 is 9.64 Å². The number of ether oxygens (including phenoxy) is 1. The van der Waals surface area contributed by atoms with Gasteiger partial charge in [0.05, 0.1) is 7.11 Å². The second kappa shape index (κ2) is 8.63. The van der Waals surface area contributed by atoms with E-state index in [0.717, 1.165) is 5.69 Å². The molecule has 0 bridgehead atoms. The Bertz CT molecular complexity index is 1250. The van der Waals surface area contributed by atoms with Gasteiger partial charge in [-0.2, -0.15) is 0 Å². The smallest absolute Gasteiger partial charge is 0.194 e. The van der Waals surface area contributed by atoms with Crippen molar-refractivity contribution in [3.05, 3.63) is 101 Å². The number of hydrogen-bond acceptors (Lipinski definition) is 5. The van der Waals surface area contributed by atoms with Crippen LogP contribution in [0.1, 0.15) is 42.2 Å². The quantitative estimate of drug-likeness (QED) is 0.538. The third-order valence-electron chi connectivity index (χ3n) is 5.57. The molecule has 4 rings (SSSR count). The van der Waals surface area contributed by atoms with E-state index in [9.17, 15) is 14.4 Å². The predicted octanol–water partition coefficient (Wildman–Crippen LogP) is 4.65. The monoisotopic (exact) mass is 425 g/mol. The highest BCUT2D eigenvalue weighted by Gasteiger charge is 2.27. The number of nitrogens with zero attached hydrogens (tertiary/aromatic N) is 1. The number of rotatable bonds is 6. The maximum Gasteiger partial charge on any atom is 0.194 e. The summed E-state index contributed by atoms with van der Waals surface area (Å²) in [4.78, 5) is 40.6. The zero-order chi connectivity index (χ0) is 22.8. The van der Waals surface area contributed by atoms with E-state index in [0.29, 0.717) is 39.1 Å². The molecule has 0 amide bonds. The molecular formula is C27H23NO4. The van der Waals surface area contributed by atoms with E-state index >= 15 is 0 Å². The fourth-order valence-corrected chi connectivity index (χ4v) is 3.76. The number of methoxy groups -OCH3 is 1. The lowest BCUT2D eigenvalue weighted by atomic mass is 9.85. The number of carbonyl (C=O) groups excluding carboxylic acids is 3. The minimum absolute atomic E-state index is 0.0440. The average Bonchev–Trinajstić information content (AvgIpc) is 2.81. The lowest BCUT2D eigenvalue weighted by molar-refractivity contribution is 0.0990. The molecule has 0 aliphatic heterocycles.